The predicted octanol–water partition coefficient (Wildman–Crippen LogP) is 2.11. The molecule has 2 N–H and O–H groups in total. The maximum absolute atomic E-state index is 13.2. The lowest BCUT2D eigenvalue weighted by Crippen LogP contribution is -2.10. The fourth-order valence-corrected chi connectivity index (χ4v) is 1.12. The Labute approximate surface area is 76.8 Å². The van der Waals surface area contributed by atoms with Crippen LogP contribution in [0.15, 0.2) is 18.2 Å². The van der Waals surface area contributed by atoms with E-state index in [4.69, 9.17) is 11.0 Å². The van der Waals surface area contributed by atoms with Gasteiger partial charge in [-0.25, -0.2) is 4.39 Å². The Hall–Kier alpha value is -1.40. The normalized spacial score (nSPS) is 12.2. The molecule has 0 saturated carbocycles. The second kappa shape index (κ2) is 4.01. The Bertz CT molecular complexity index is 341. The quantitative estimate of drug-likeness (QED) is 0.754. The SMILES string of the molecule is CCC(N)c1ccc(C#N)cc1F. The molecule has 0 bridgehead atoms. The molecular formula is C10H11FN2. The molecule has 0 spiro atoms. The van der Waals surface area contributed by atoms with Crippen LogP contribution < -0.4 is 5.73 Å². The first-order valence-corrected chi connectivity index (χ1v) is 4.14. The van der Waals surface area contributed by atoms with Crippen LogP contribution in [0.2, 0.25) is 0 Å². The molecule has 2 nitrogen and oxygen atoms in total. The lowest BCUT2D eigenvalue weighted by atomic mass is 10.0. The molecule has 0 aliphatic heterocycles. The maximum atomic E-state index is 13.2. The number of nitrogens with two attached hydrogens (primary N) is 1. The van der Waals surface area contributed by atoms with Crippen molar-refractivity contribution in [1.82, 2.24) is 0 Å². The Morgan fingerprint density at radius 2 is 2.31 bits per heavy atom. The molecule has 1 rings (SSSR count). The lowest BCUT2D eigenvalue weighted by molar-refractivity contribution is 0.575. The van der Waals surface area contributed by atoms with Gasteiger partial charge in [0.1, 0.15) is 5.82 Å². The minimum atomic E-state index is -0.395. The van der Waals surface area contributed by atoms with Gasteiger partial charge in [0, 0.05) is 11.6 Å². The number of rotatable bonds is 2. The van der Waals surface area contributed by atoms with E-state index in [2.05, 4.69) is 0 Å². The smallest absolute Gasteiger partial charge is 0.129 e. The summed E-state index contributed by atoms with van der Waals surface area (Å²) in [4.78, 5) is 0. The number of nitriles is 1. The second-order valence-electron chi connectivity index (χ2n) is 2.86. The topological polar surface area (TPSA) is 49.8 Å². The monoisotopic (exact) mass is 178 g/mol. The molecule has 0 fully saturated rings. The van der Waals surface area contributed by atoms with E-state index in [1.807, 2.05) is 13.0 Å². The Kier molecular flexibility index (Phi) is 2.99. The zero-order chi connectivity index (χ0) is 9.84. The van der Waals surface area contributed by atoms with E-state index >= 15 is 0 Å². The van der Waals surface area contributed by atoms with Gasteiger partial charge >= 0.3 is 0 Å². The van der Waals surface area contributed by atoms with Crippen molar-refractivity contribution in [3.05, 3.63) is 35.1 Å². The van der Waals surface area contributed by atoms with Crippen molar-refractivity contribution in [3.63, 3.8) is 0 Å². The third kappa shape index (κ3) is 2.04. The first-order chi connectivity index (χ1) is 6.19. The molecule has 0 saturated heterocycles. The standard InChI is InChI=1S/C10H11FN2/c1-2-10(13)8-4-3-7(6-12)5-9(8)11/h3-5,10H,2,13H2,1H3. The highest BCUT2D eigenvalue weighted by atomic mass is 19.1. The number of nitrogens with zero attached hydrogens (tertiary/aromatic N) is 1. The van der Waals surface area contributed by atoms with Gasteiger partial charge in [0.15, 0.2) is 0 Å². The minimum Gasteiger partial charge on any atom is -0.324 e. The van der Waals surface area contributed by atoms with Crippen LogP contribution in [0.3, 0.4) is 0 Å². The van der Waals surface area contributed by atoms with E-state index in [1.54, 1.807) is 12.1 Å². The molecule has 0 heterocycles. The number of hydrogen-bond donors (Lipinski definition) is 1. The summed E-state index contributed by atoms with van der Waals surface area (Å²) in [5.41, 5.74) is 6.46. The van der Waals surface area contributed by atoms with Gasteiger partial charge in [-0.05, 0) is 18.6 Å². The summed E-state index contributed by atoms with van der Waals surface area (Å²) in [6, 6.07) is 5.95. The van der Waals surface area contributed by atoms with Crippen molar-refractivity contribution in [2.24, 2.45) is 5.73 Å². The third-order valence-corrected chi connectivity index (χ3v) is 1.97. The fraction of sp³-hybridized carbons (Fsp3) is 0.300. The molecule has 1 aromatic carbocycles. The predicted molar refractivity (Wildman–Crippen MR) is 48.3 cm³/mol. The van der Waals surface area contributed by atoms with E-state index in [-0.39, 0.29) is 6.04 Å². The van der Waals surface area contributed by atoms with Crippen molar-refractivity contribution >= 4 is 0 Å². The van der Waals surface area contributed by atoms with Gasteiger partial charge in [0.25, 0.3) is 0 Å². The Morgan fingerprint density at radius 3 is 2.77 bits per heavy atom. The zero-order valence-electron chi connectivity index (χ0n) is 7.42. The highest BCUT2D eigenvalue weighted by molar-refractivity contribution is 5.34. The number of benzene rings is 1. The lowest BCUT2D eigenvalue weighted by Gasteiger charge is -2.09. The number of halogens is 1. The second-order valence-corrected chi connectivity index (χ2v) is 2.86. The Balaban J connectivity index is 3.07. The summed E-state index contributed by atoms with van der Waals surface area (Å²) in [5, 5.41) is 8.50. The van der Waals surface area contributed by atoms with E-state index in [9.17, 15) is 4.39 Å². The molecule has 0 amide bonds. The average molecular weight is 178 g/mol. The third-order valence-electron chi connectivity index (χ3n) is 1.97. The summed E-state index contributed by atoms with van der Waals surface area (Å²) in [6.07, 6.45) is 0.683. The average Bonchev–Trinajstić information content (AvgIpc) is 2.16. The van der Waals surface area contributed by atoms with Crippen LogP contribution in [0.4, 0.5) is 4.39 Å². The summed E-state index contributed by atoms with van der Waals surface area (Å²) in [5.74, 6) is -0.395. The van der Waals surface area contributed by atoms with Gasteiger partial charge in [-0.1, -0.05) is 13.0 Å². The van der Waals surface area contributed by atoms with Crippen molar-refractivity contribution < 1.29 is 4.39 Å². The molecule has 0 radical (unpaired) electrons. The van der Waals surface area contributed by atoms with E-state index in [0.717, 1.165) is 0 Å². The largest absolute Gasteiger partial charge is 0.324 e. The van der Waals surface area contributed by atoms with Crippen molar-refractivity contribution in [2.75, 3.05) is 0 Å². The highest BCUT2D eigenvalue weighted by Gasteiger charge is 2.09. The van der Waals surface area contributed by atoms with E-state index in [1.165, 1.54) is 6.07 Å². The molecule has 13 heavy (non-hydrogen) atoms. The Morgan fingerprint density at radius 1 is 1.62 bits per heavy atom. The van der Waals surface area contributed by atoms with E-state index < -0.39 is 5.82 Å². The molecule has 68 valence electrons. The summed E-state index contributed by atoms with van der Waals surface area (Å²) < 4.78 is 13.2. The van der Waals surface area contributed by atoms with Crippen LogP contribution in [-0.2, 0) is 0 Å². The van der Waals surface area contributed by atoms with Gasteiger partial charge in [-0.3, -0.25) is 0 Å². The maximum Gasteiger partial charge on any atom is 0.129 e. The fourth-order valence-electron chi connectivity index (χ4n) is 1.12. The van der Waals surface area contributed by atoms with Gasteiger partial charge in [0.2, 0.25) is 0 Å². The molecule has 1 atom stereocenters. The summed E-state index contributed by atoms with van der Waals surface area (Å²) >= 11 is 0. The van der Waals surface area contributed by atoms with E-state index in [0.29, 0.717) is 17.5 Å². The molecule has 1 unspecified atom stereocenters. The minimum absolute atomic E-state index is 0.284. The summed E-state index contributed by atoms with van der Waals surface area (Å²) in [6.45, 7) is 1.89. The van der Waals surface area contributed by atoms with Crippen LogP contribution in [0.1, 0.15) is 30.5 Å². The van der Waals surface area contributed by atoms with Crippen molar-refractivity contribution in [1.29, 1.82) is 5.26 Å². The van der Waals surface area contributed by atoms with Crippen LogP contribution in [-0.4, -0.2) is 0 Å². The van der Waals surface area contributed by atoms with Gasteiger partial charge in [-0.15, -0.1) is 0 Å². The van der Waals surface area contributed by atoms with Crippen molar-refractivity contribution in [2.45, 2.75) is 19.4 Å². The van der Waals surface area contributed by atoms with Crippen molar-refractivity contribution in [3.8, 4) is 6.07 Å². The van der Waals surface area contributed by atoms with Crippen LogP contribution in [0.5, 0.6) is 0 Å². The molecule has 1 aromatic rings. The first-order valence-electron chi connectivity index (χ1n) is 4.14. The summed E-state index contributed by atoms with van der Waals surface area (Å²) in [7, 11) is 0. The van der Waals surface area contributed by atoms with Gasteiger partial charge in [0.05, 0.1) is 11.6 Å². The highest BCUT2D eigenvalue weighted by Crippen LogP contribution is 2.18. The molecular weight excluding hydrogens is 167 g/mol. The van der Waals surface area contributed by atoms with Gasteiger partial charge < -0.3 is 5.73 Å². The molecule has 3 heteroatoms. The molecule has 0 aliphatic carbocycles. The van der Waals surface area contributed by atoms with Crippen LogP contribution >= 0.6 is 0 Å². The molecule has 0 aliphatic rings. The first kappa shape index (κ1) is 9.69. The zero-order valence-corrected chi connectivity index (χ0v) is 7.42. The number of hydrogen-bond acceptors (Lipinski definition) is 2. The van der Waals surface area contributed by atoms with Crippen LogP contribution in [0, 0.1) is 17.1 Å². The molecule has 0 aromatic heterocycles. The van der Waals surface area contributed by atoms with Crippen LogP contribution in [0.25, 0.3) is 0 Å². The van der Waals surface area contributed by atoms with Gasteiger partial charge in [-0.2, -0.15) is 5.26 Å².